The largest absolute Gasteiger partial charge is 0.375 e. The summed E-state index contributed by atoms with van der Waals surface area (Å²) in [4.78, 5) is 4.70. The fourth-order valence-electron chi connectivity index (χ4n) is 3.57. The van der Waals surface area contributed by atoms with Gasteiger partial charge in [-0.05, 0) is 39.8 Å². The van der Waals surface area contributed by atoms with Crippen LogP contribution in [-0.2, 0) is 14.8 Å². The van der Waals surface area contributed by atoms with Gasteiger partial charge < -0.3 is 9.64 Å². The monoisotopic (exact) mass is 331 g/mol. The van der Waals surface area contributed by atoms with Gasteiger partial charge in [-0.2, -0.15) is 0 Å². The Morgan fingerprint density at radius 3 is 2.50 bits per heavy atom. The van der Waals surface area contributed by atoms with Gasteiger partial charge in [-0.3, -0.25) is 4.90 Å². The van der Waals surface area contributed by atoms with Gasteiger partial charge in [-0.15, -0.1) is 0 Å². The second-order valence-corrected chi connectivity index (χ2v) is 9.25. The van der Waals surface area contributed by atoms with Gasteiger partial charge in [0.2, 0.25) is 10.0 Å². The molecule has 2 saturated heterocycles. The lowest BCUT2D eigenvalue weighted by atomic mass is 10.0. The van der Waals surface area contributed by atoms with Crippen molar-refractivity contribution < 1.29 is 13.2 Å². The van der Waals surface area contributed by atoms with E-state index in [0.29, 0.717) is 19.1 Å². The molecule has 0 aromatic rings. The number of nitrogens with zero attached hydrogens (tertiary/aromatic N) is 3. The SMILES string of the molecule is CN(C)CCN1CCOC2CCN(S(=O)(=O)C3CC3)CCC21. The number of sulfonamides is 1. The van der Waals surface area contributed by atoms with Crippen LogP contribution in [0.2, 0.25) is 0 Å². The molecule has 3 fully saturated rings. The summed E-state index contributed by atoms with van der Waals surface area (Å²) in [6.45, 7) is 5.08. The van der Waals surface area contributed by atoms with Crippen LogP contribution in [0.3, 0.4) is 0 Å². The van der Waals surface area contributed by atoms with Gasteiger partial charge in [0.15, 0.2) is 0 Å². The van der Waals surface area contributed by atoms with Crippen molar-refractivity contribution in [3.05, 3.63) is 0 Å². The number of hydrogen-bond donors (Lipinski definition) is 0. The van der Waals surface area contributed by atoms with Crippen LogP contribution >= 0.6 is 0 Å². The average Bonchev–Trinajstić information content (AvgIpc) is 3.30. The third-order valence-corrected chi connectivity index (χ3v) is 7.48. The van der Waals surface area contributed by atoms with E-state index in [1.54, 1.807) is 4.31 Å². The van der Waals surface area contributed by atoms with E-state index in [1.165, 1.54) is 0 Å². The molecule has 3 rings (SSSR count). The molecular weight excluding hydrogens is 302 g/mol. The topological polar surface area (TPSA) is 53.1 Å². The summed E-state index contributed by atoms with van der Waals surface area (Å²) < 4.78 is 32.6. The normalized spacial score (nSPS) is 32.0. The Bertz CT molecular complexity index is 478. The molecule has 0 bridgehead atoms. The minimum absolute atomic E-state index is 0.0987. The number of rotatable bonds is 5. The zero-order chi connectivity index (χ0) is 15.7. The summed E-state index contributed by atoms with van der Waals surface area (Å²) in [5.74, 6) is 0. The summed E-state index contributed by atoms with van der Waals surface area (Å²) in [7, 11) is 1.14. The molecule has 6 nitrogen and oxygen atoms in total. The van der Waals surface area contributed by atoms with Crippen molar-refractivity contribution in [2.75, 3.05) is 53.4 Å². The van der Waals surface area contributed by atoms with Crippen LogP contribution in [0.15, 0.2) is 0 Å². The number of fused-ring (bicyclic) bond motifs is 1. The van der Waals surface area contributed by atoms with Gasteiger partial charge >= 0.3 is 0 Å². The molecule has 1 aliphatic carbocycles. The maximum atomic E-state index is 12.5. The first-order valence-corrected chi connectivity index (χ1v) is 9.98. The number of morpholine rings is 1. The molecule has 3 aliphatic rings. The first-order valence-electron chi connectivity index (χ1n) is 8.48. The molecular formula is C15H29N3O3S. The van der Waals surface area contributed by atoms with Crippen molar-refractivity contribution in [2.45, 2.75) is 43.1 Å². The van der Waals surface area contributed by atoms with E-state index in [-0.39, 0.29) is 11.4 Å². The number of ether oxygens (including phenoxy) is 1. The molecule has 7 heteroatoms. The zero-order valence-electron chi connectivity index (χ0n) is 13.8. The third-order valence-electron chi connectivity index (χ3n) is 5.09. The molecule has 0 aromatic heterocycles. The Kier molecular flexibility index (Phi) is 5.09. The Morgan fingerprint density at radius 1 is 1.09 bits per heavy atom. The molecule has 22 heavy (non-hydrogen) atoms. The standard InChI is InChI=1S/C15H29N3O3S/c1-16(2)9-10-17-11-12-21-15-6-8-18(7-5-14(15)17)22(19,20)13-3-4-13/h13-15H,3-12H2,1-2H3. The second kappa shape index (κ2) is 6.73. The van der Waals surface area contributed by atoms with Crippen LogP contribution in [0.1, 0.15) is 25.7 Å². The van der Waals surface area contributed by atoms with Crippen LogP contribution in [0.4, 0.5) is 0 Å². The Labute approximate surface area is 134 Å². The average molecular weight is 331 g/mol. The van der Waals surface area contributed by atoms with Gasteiger partial charge in [0.05, 0.1) is 18.0 Å². The highest BCUT2D eigenvalue weighted by Gasteiger charge is 2.43. The molecule has 0 amide bonds. The minimum atomic E-state index is -3.05. The summed E-state index contributed by atoms with van der Waals surface area (Å²) in [6, 6.07) is 0.369. The van der Waals surface area contributed by atoms with E-state index in [0.717, 1.165) is 51.9 Å². The molecule has 1 saturated carbocycles. The van der Waals surface area contributed by atoms with E-state index in [9.17, 15) is 8.42 Å². The zero-order valence-corrected chi connectivity index (χ0v) is 14.6. The third kappa shape index (κ3) is 3.64. The maximum Gasteiger partial charge on any atom is 0.216 e. The predicted molar refractivity (Wildman–Crippen MR) is 86.4 cm³/mol. The first-order chi connectivity index (χ1) is 10.5. The Hall–Kier alpha value is -0.210. The van der Waals surface area contributed by atoms with Gasteiger partial charge in [-0.25, -0.2) is 12.7 Å². The molecule has 2 atom stereocenters. The number of hydrogen-bond acceptors (Lipinski definition) is 5. The second-order valence-electron chi connectivity index (χ2n) is 7.04. The van der Waals surface area contributed by atoms with Crippen molar-refractivity contribution in [3.8, 4) is 0 Å². The van der Waals surface area contributed by atoms with Gasteiger partial charge in [0.1, 0.15) is 0 Å². The summed E-state index contributed by atoms with van der Waals surface area (Å²) in [5.41, 5.74) is 0. The number of likely N-dealkylation sites (N-methyl/N-ethyl adjacent to an activating group) is 1. The van der Waals surface area contributed by atoms with Crippen molar-refractivity contribution in [1.82, 2.24) is 14.1 Å². The summed E-state index contributed by atoms with van der Waals surface area (Å²) >= 11 is 0. The van der Waals surface area contributed by atoms with Crippen molar-refractivity contribution in [1.29, 1.82) is 0 Å². The molecule has 2 unspecified atom stereocenters. The van der Waals surface area contributed by atoms with Crippen molar-refractivity contribution in [2.24, 2.45) is 0 Å². The van der Waals surface area contributed by atoms with Gasteiger partial charge in [0, 0.05) is 38.8 Å². The Balaban J connectivity index is 1.64. The lowest BCUT2D eigenvalue weighted by Gasteiger charge is -2.40. The van der Waals surface area contributed by atoms with Gasteiger partial charge in [-0.1, -0.05) is 0 Å². The van der Waals surface area contributed by atoms with Crippen molar-refractivity contribution >= 4 is 10.0 Å². The molecule has 2 aliphatic heterocycles. The fourth-order valence-corrected chi connectivity index (χ4v) is 5.45. The summed E-state index contributed by atoms with van der Waals surface area (Å²) in [5, 5.41) is -0.0987. The lowest BCUT2D eigenvalue weighted by Crippen LogP contribution is -2.52. The van der Waals surface area contributed by atoms with Crippen LogP contribution in [0.25, 0.3) is 0 Å². The highest BCUT2D eigenvalue weighted by atomic mass is 32.2. The smallest absolute Gasteiger partial charge is 0.216 e. The lowest BCUT2D eigenvalue weighted by molar-refractivity contribution is -0.0723. The maximum absolute atomic E-state index is 12.5. The van der Waals surface area contributed by atoms with E-state index < -0.39 is 10.0 Å². The van der Waals surface area contributed by atoms with Gasteiger partial charge in [0.25, 0.3) is 0 Å². The molecule has 0 spiro atoms. The van der Waals surface area contributed by atoms with E-state index in [4.69, 9.17) is 4.74 Å². The van der Waals surface area contributed by atoms with Crippen LogP contribution < -0.4 is 0 Å². The highest BCUT2D eigenvalue weighted by molar-refractivity contribution is 7.90. The Morgan fingerprint density at radius 2 is 1.82 bits per heavy atom. The first kappa shape index (κ1) is 16.6. The fraction of sp³-hybridized carbons (Fsp3) is 1.00. The molecule has 0 aromatic carbocycles. The summed E-state index contributed by atoms with van der Waals surface area (Å²) in [6.07, 6.45) is 3.60. The van der Waals surface area contributed by atoms with Crippen LogP contribution in [-0.4, -0.2) is 93.3 Å². The molecule has 0 N–H and O–H groups in total. The predicted octanol–water partition coefficient (Wildman–Crippen LogP) is 0.205. The molecule has 2 heterocycles. The molecule has 0 radical (unpaired) electrons. The minimum Gasteiger partial charge on any atom is -0.375 e. The van der Waals surface area contributed by atoms with Crippen LogP contribution in [0.5, 0.6) is 0 Å². The molecule has 128 valence electrons. The highest BCUT2D eigenvalue weighted by Crippen LogP contribution is 2.33. The van der Waals surface area contributed by atoms with E-state index in [2.05, 4.69) is 23.9 Å². The quantitative estimate of drug-likeness (QED) is 0.721. The van der Waals surface area contributed by atoms with Crippen LogP contribution in [0, 0.1) is 0 Å². The van der Waals surface area contributed by atoms with Crippen molar-refractivity contribution in [3.63, 3.8) is 0 Å². The van der Waals surface area contributed by atoms with E-state index in [1.807, 2.05) is 0 Å². The van der Waals surface area contributed by atoms with E-state index >= 15 is 0 Å².